The molecule has 0 aromatic heterocycles. The fraction of sp³-hybridized carbons (Fsp3) is 0.429. The Morgan fingerprint density at radius 1 is 1.05 bits per heavy atom. The van der Waals surface area contributed by atoms with E-state index in [1.807, 2.05) is 73.3 Å². The van der Waals surface area contributed by atoms with Crippen LogP contribution in [0.2, 0.25) is 0 Å². The van der Waals surface area contributed by atoms with Crippen LogP contribution in [0, 0.1) is 18.8 Å². The number of hydrogen-bond donors (Lipinski definition) is 2. The van der Waals surface area contributed by atoms with Crippen molar-refractivity contribution in [3.05, 3.63) is 71.3 Å². The summed E-state index contributed by atoms with van der Waals surface area (Å²) in [6.07, 6.45) is -3.72. The van der Waals surface area contributed by atoms with E-state index in [-0.39, 0.29) is 23.8 Å². The third-order valence-electron chi connectivity index (χ3n) is 7.62. The molecular formula is C28H30F3N3O5. The molecule has 0 aliphatic carbocycles. The smallest absolute Gasteiger partial charge is 0.475 e. The number of carboxylic acids is 1. The van der Waals surface area contributed by atoms with E-state index in [2.05, 4.69) is 5.32 Å². The van der Waals surface area contributed by atoms with Gasteiger partial charge in [-0.05, 0) is 37.8 Å². The van der Waals surface area contributed by atoms with Crippen LogP contribution in [-0.4, -0.2) is 63.4 Å². The van der Waals surface area contributed by atoms with Crippen molar-refractivity contribution in [2.75, 3.05) is 13.1 Å². The second-order valence-electron chi connectivity index (χ2n) is 10.0. The summed E-state index contributed by atoms with van der Waals surface area (Å²) in [5.41, 5.74) is 2.11. The summed E-state index contributed by atoms with van der Waals surface area (Å²) in [5, 5.41) is 10.7. The number of nitrogens with one attached hydrogen (secondary N) is 1. The summed E-state index contributed by atoms with van der Waals surface area (Å²) in [4.78, 5) is 52.8. The van der Waals surface area contributed by atoms with Gasteiger partial charge in [0, 0.05) is 25.7 Å². The Balaban J connectivity index is 0.000000448. The fourth-order valence-corrected chi connectivity index (χ4v) is 5.85. The molecule has 2 N–H and O–H groups in total. The van der Waals surface area contributed by atoms with Gasteiger partial charge < -0.3 is 10.0 Å². The van der Waals surface area contributed by atoms with Gasteiger partial charge in [-0.25, -0.2) is 4.79 Å². The molecule has 0 unspecified atom stereocenters. The zero-order valence-corrected chi connectivity index (χ0v) is 21.6. The van der Waals surface area contributed by atoms with Crippen LogP contribution in [0.3, 0.4) is 0 Å². The summed E-state index contributed by atoms with van der Waals surface area (Å²) < 4.78 is 31.7. The number of imide groups is 1. The normalized spacial score (nSPS) is 26.5. The van der Waals surface area contributed by atoms with Gasteiger partial charge >= 0.3 is 12.1 Å². The minimum Gasteiger partial charge on any atom is -0.475 e. The molecular weight excluding hydrogens is 515 g/mol. The minimum atomic E-state index is -5.08. The Morgan fingerprint density at radius 3 is 2.23 bits per heavy atom. The first-order valence-electron chi connectivity index (χ1n) is 12.7. The molecule has 1 spiro atoms. The summed E-state index contributed by atoms with van der Waals surface area (Å²) in [6, 6.07) is 17.6. The number of amides is 3. The molecule has 208 valence electrons. The molecule has 8 nitrogen and oxygen atoms in total. The van der Waals surface area contributed by atoms with Crippen LogP contribution in [0.1, 0.15) is 42.5 Å². The number of alkyl halides is 3. The second-order valence-corrected chi connectivity index (χ2v) is 10.0. The van der Waals surface area contributed by atoms with Gasteiger partial charge in [-0.15, -0.1) is 0 Å². The van der Waals surface area contributed by atoms with Crippen LogP contribution >= 0.6 is 0 Å². The van der Waals surface area contributed by atoms with Gasteiger partial charge in [0.1, 0.15) is 5.54 Å². The fourth-order valence-electron chi connectivity index (χ4n) is 5.85. The molecule has 3 amide bonds. The van der Waals surface area contributed by atoms with Gasteiger partial charge in [0.25, 0.3) is 0 Å². The van der Waals surface area contributed by atoms with Gasteiger partial charge in [-0.2, -0.15) is 13.2 Å². The Bertz CT molecular complexity index is 1250. The van der Waals surface area contributed by atoms with Crippen LogP contribution in [0.5, 0.6) is 0 Å². The molecule has 2 aromatic carbocycles. The molecule has 0 bridgehead atoms. The highest BCUT2D eigenvalue weighted by atomic mass is 19.4. The highest BCUT2D eigenvalue weighted by Crippen LogP contribution is 2.52. The first-order chi connectivity index (χ1) is 18.4. The van der Waals surface area contributed by atoms with E-state index in [1.165, 1.54) is 4.90 Å². The van der Waals surface area contributed by atoms with Gasteiger partial charge in [0.15, 0.2) is 0 Å². The van der Waals surface area contributed by atoms with Crippen molar-refractivity contribution in [1.29, 1.82) is 0 Å². The van der Waals surface area contributed by atoms with Crippen molar-refractivity contribution in [3.8, 4) is 0 Å². The predicted octanol–water partition coefficient (Wildman–Crippen LogP) is 3.46. The van der Waals surface area contributed by atoms with Crippen LogP contribution in [-0.2, 0) is 25.7 Å². The quantitative estimate of drug-likeness (QED) is 0.570. The lowest BCUT2D eigenvalue weighted by Gasteiger charge is -2.42. The lowest BCUT2D eigenvalue weighted by atomic mass is 9.74. The van der Waals surface area contributed by atoms with Crippen molar-refractivity contribution >= 4 is 23.7 Å². The van der Waals surface area contributed by atoms with Crippen molar-refractivity contribution in [2.24, 2.45) is 11.8 Å². The monoisotopic (exact) mass is 545 g/mol. The maximum absolute atomic E-state index is 14.0. The first-order valence-corrected chi connectivity index (χ1v) is 12.7. The number of fused-ring (bicyclic) bond motifs is 2. The van der Waals surface area contributed by atoms with Crippen molar-refractivity contribution in [3.63, 3.8) is 0 Å². The number of carbonyl (C=O) groups excluding carboxylic acids is 3. The Hall–Kier alpha value is -3.73. The van der Waals surface area contributed by atoms with Crippen molar-refractivity contribution in [1.82, 2.24) is 15.1 Å². The number of piperidine rings is 1. The van der Waals surface area contributed by atoms with Gasteiger partial charge in [-0.3, -0.25) is 24.6 Å². The number of aryl methyl sites for hydroxylation is 1. The topological polar surface area (TPSA) is 107 Å². The van der Waals surface area contributed by atoms with E-state index < -0.39 is 29.5 Å². The predicted molar refractivity (Wildman–Crippen MR) is 134 cm³/mol. The Labute approximate surface area is 223 Å². The average molecular weight is 546 g/mol. The van der Waals surface area contributed by atoms with Crippen molar-refractivity contribution < 1.29 is 37.5 Å². The second kappa shape index (κ2) is 10.8. The van der Waals surface area contributed by atoms with Crippen LogP contribution < -0.4 is 5.32 Å². The number of likely N-dealkylation sites (tertiary alicyclic amines) is 2. The minimum absolute atomic E-state index is 0.0590. The summed E-state index contributed by atoms with van der Waals surface area (Å²) in [5.74, 6) is -4.40. The third-order valence-corrected chi connectivity index (χ3v) is 7.62. The molecule has 2 aromatic rings. The van der Waals surface area contributed by atoms with E-state index in [4.69, 9.17) is 9.90 Å². The molecule has 5 rings (SSSR count). The highest BCUT2D eigenvalue weighted by molar-refractivity contribution is 6.10. The summed E-state index contributed by atoms with van der Waals surface area (Å²) >= 11 is 0. The number of benzene rings is 2. The zero-order chi connectivity index (χ0) is 28.5. The van der Waals surface area contributed by atoms with Gasteiger partial charge in [-0.1, -0.05) is 60.2 Å². The molecule has 0 saturated carbocycles. The number of aliphatic carboxylic acids is 1. The summed E-state index contributed by atoms with van der Waals surface area (Å²) in [6.45, 7) is 5.34. The third kappa shape index (κ3) is 5.27. The highest BCUT2D eigenvalue weighted by Gasteiger charge is 2.68. The molecule has 3 aliphatic rings. The van der Waals surface area contributed by atoms with E-state index in [0.717, 1.165) is 23.1 Å². The molecule has 39 heavy (non-hydrogen) atoms. The molecule has 0 radical (unpaired) electrons. The number of hydrogen-bond acceptors (Lipinski definition) is 5. The Morgan fingerprint density at radius 2 is 1.67 bits per heavy atom. The number of carbonyl (C=O) groups is 4. The number of halogens is 3. The molecule has 11 heteroatoms. The molecule has 3 saturated heterocycles. The SMILES string of the molecule is CCN1C(=O)[C@H]2[C@@H](c3ccc(C)cc3)N[C@]3(CCCN(Cc4ccccc4)C3=O)[C@H]2C1=O.O=C(O)C(F)(F)F. The van der Waals surface area contributed by atoms with Crippen molar-refractivity contribution in [2.45, 2.75) is 51.0 Å². The van der Waals surface area contributed by atoms with Crippen LogP contribution in [0.25, 0.3) is 0 Å². The Kier molecular flexibility index (Phi) is 7.83. The van der Waals surface area contributed by atoms with E-state index in [0.29, 0.717) is 26.1 Å². The lowest BCUT2D eigenvalue weighted by molar-refractivity contribution is -0.192. The molecule has 4 atom stereocenters. The average Bonchev–Trinajstić information content (AvgIpc) is 3.36. The van der Waals surface area contributed by atoms with Gasteiger partial charge in [0.05, 0.1) is 11.8 Å². The largest absolute Gasteiger partial charge is 0.490 e. The first kappa shape index (κ1) is 28.3. The number of rotatable bonds is 4. The summed E-state index contributed by atoms with van der Waals surface area (Å²) in [7, 11) is 0. The van der Waals surface area contributed by atoms with Crippen LogP contribution in [0.4, 0.5) is 13.2 Å². The molecule has 3 aliphatic heterocycles. The van der Waals surface area contributed by atoms with Gasteiger partial charge in [0.2, 0.25) is 17.7 Å². The van der Waals surface area contributed by atoms with E-state index in [1.54, 1.807) is 0 Å². The molecule has 3 heterocycles. The number of nitrogens with zero attached hydrogens (tertiary/aromatic N) is 2. The maximum atomic E-state index is 14.0. The molecule has 3 fully saturated rings. The number of carboxylic acid groups (broad SMARTS) is 1. The zero-order valence-electron chi connectivity index (χ0n) is 21.6. The van der Waals surface area contributed by atoms with Crippen LogP contribution in [0.15, 0.2) is 54.6 Å². The maximum Gasteiger partial charge on any atom is 0.490 e. The lowest BCUT2D eigenvalue weighted by Crippen LogP contribution is -2.63. The standard InChI is InChI=1S/C26H29N3O3.C2HF3O2/c1-3-29-23(30)20-21(24(29)31)26(27-22(20)19-12-10-17(2)11-13-19)14-7-15-28(25(26)32)16-18-8-5-4-6-9-18;3-2(4,5)1(6)7/h4-6,8-13,20-22,27H,3,7,14-16H2,1-2H3;(H,6,7)/t20-,21-,22-,26-;/m1./s1. The van der Waals surface area contributed by atoms with E-state index in [9.17, 15) is 27.6 Å². The van der Waals surface area contributed by atoms with E-state index >= 15 is 0 Å².